The van der Waals surface area contributed by atoms with Crippen LogP contribution in [0.1, 0.15) is 12.8 Å². The second-order valence-electron chi connectivity index (χ2n) is 7.08. The molecule has 0 radical (unpaired) electrons. The number of carbonyl (C=O) groups excluding carboxylic acids is 1. The zero-order valence-electron chi connectivity index (χ0n) is 16.2. The highest BCUT2D eigenvalue weighted by molar-refractivity contribution is 5.91. The van der Waals surface area contributed by atoms with Gasteiger partial charge in [0, 0.05) is 37.1 Å². The predicted molar refractivity (Wildman–Crippen MR) is 112 cm³/mol. The molecule has 0 atom stereocenters. The highest BCUT2D eigenvalue weighted by Crippen LogP contribution is 2.32. The summed E-state index contributed by atoms with van der Waals surface area (Å²) in [6.07, 6.45) is 4.31. The molecule has 0 saturated heterocycles. The highest BCUT2D eigenvalue weighted by Gasteiger charge is 2.14. The monoisotopic (exact) mass is 404 g/mol. The van der Waals surface area contributed by atoms with Crippen LogP contribution in [0.4, 0.5) is 5.69 Å². The van der Waals surface area contributed by atoms with Gasteiger partial charge in [-0.3, -0.25) is 14.2 Å². The number of nitrogens with one attached hydrogen (secondary N) is 1. The molecule has 152 valence electrons. The fraction of sp³-hybridized carbons (Fsp3) is 0.227. The average Bonchev–Trinajstić information content (AvgIpc) is 3.26. The van der Waals surface area contributed by atoms with Crippen LogP contribution in [-0.4, -0.2) is 33.1 Å². The Hall–Kier alpha value is -3.81. The number of anilines is 1. The number of fused-ring (bicyclic) bond motifs is 4. The summed E-state index contributed by atoms with van der Waals surface area (Å²) in [5.74, 6) is 1.18. The number of nitrogens with zero attached hydrogens (tertiary/aromatic N) is 3. The Morgan fingerprint density at radius 2 is 1.90 bits per heavy atom. The van der Waals surface area contributed by atoms with E-state index in [-0.39, 0.29) is 17.9 Å². The summed E-state index contributed by atoms with van der Waals surface area (Å²) >= 11 is 0. The molecule has 0 fully saturated rings. The third-order valence-corrected chi connectivity index (χ3v) is 5.11. The molecule has 1 aliphatic heterocycles. The van der Waals surface area contributed by atoms with Crippen LogP contribution in [0.5, 0.6) is 11.5 Å². The topological polar surface area (TPSA) is 86.9 Å². The number of hydrogen-bond donors (Lipinski definition) is 1. The summed E-state index contributed by atoms with van der Waals surface area (Å²) in [6.45, 7) is 1.42. The summed E-state index contributed by atoms with van der Waals surface area (Å²) in [7, 11) is 0. The largest absolute Gasteiger partial charge is 0.486 e. The van der Waals surface area contributed by atoms with Crippen LogP contribution in [0.2, 0.25) is 0 Å². The first-order valence-corrected chi connectivity index (χ1v) is 9.85. The van der Waals surface area contributed by atoms with Crippen molar-refractivity contribution in [2.24, 2.45) is 0 Å². The second kappa shape index (κ2) is 7.55. The number of rotatable bonds is 5. The lowest BCUT2D eigenvalue weighted by Crippen LogP contribution is -2.24. The van der Waals surface area contributed by atoms with Crippen LogP contribution < -0.4 is 20.3 Å². The van der Waals surface area contributed by atoms with E-state index in [9.17, 15) is 9.59 Å². The Morgan fingerprint density at radius 1 is 1.07 bits per heavy atom. The maximum Gasteiger partial charge on any atom is 0.276 e. The van der Waals surface area contributed by atoms with Gasteiger partial charge in [0.1, 0.15) is 18.7 Å². The van der Waals surface area contributed by atoms with Gasteiger partial charge >= 0.3 is 0 Å². The van der Waals surface area contributed by atoms with Crippen LogP contribution in [0.15, 0.2) is 59.7 Å². The number of benzene rings is 1. The molecule has 1 N–H and O–H groups in total. The zero-order chi connectivity index (χ0) is 20.5. The minimum atomic E-state index is -0.124. The summed E-state index contributed by atoms with van der Waals surface area (Å²) in [4.78, 5) is 29.7. The van der Waals surface area contributed by atoms with Crippen molar-refractivity contribution < 1.29 is 14.3 Å². The van der Waals surface area contributed by atoms with Crippen LogP contribution in [0.3, 0.4) is 0 Å². The Labute approximate surface area is 171 Å². The van der Waals surface area contributed by atoms with Crippen molar-refractivity contribution in [3.05, 3.63) is 65.2 Å². The minimum Gasteiger partial charge on any atom is -0.486 e. The fourth-order valence-corrected chi connectivity index (χ4v) is 3.73. The van der Waals surface area contributed by atoms with Crippen molar-refractivity contribution >= 4 is 28.3 Å². The van der Waals surface area contributed by atoms with Crippen molar-refractivity contribution in [1.82, 2.24) is 14.0 Å². The zero-order valence-corrected chi connectivity index (χ0v) is 16.2. The molecule has 4 aromatic rings. The first-order valence-electron chi connectivity index (χ1n) is 9.85. The molecule has 0 unspecified atom stereocenters. The van der Waals surface area contributed by atoms with Crippen LogP contribution in [0.25, 0.3) is 16.7 Å². The number of aryl methyl sites for hydroxylation is 1. The van der Waals surface area contributed by atoms with Gasteiger partial charge in [-0.05, 0) is 42.8 Å². The van der Waals surface area contributed by atoms with Crippen LogP contribution >= 0.6 is 0 Å². The molecule has 8 heteroatoms. The number of pyridine rings is 1. The number of carbonyl (C=O) groups is 1. The molecule has 30 heavy (non-hydrogen) atoms. The van der Waals surface area contributed by atoms with Crippen molar-refractivity contribution in [3.63, 3.8) is 0 Å². The smallest absolute Gasteiger partial charge is 0.276 e. The molecule has 5 rings (SSSR count). The molecule has 1 amide bonds. The number of aromatic nitrogens is 3. The maximum atomic E-state index is 12.9. The lowest BCUT2D eigenvalue weighted by molar-refractivity contribution is -0.116. The molecule has 3 aromatic heterocycles. The molecule has 0 saturated carbocycles. The normalized spacial score (nSPS) is 12.9. The van der Waals surface area contributed by atoms with Crippen molar-refractivity contribution in [3.8, 4) is 11.5 Å². The number of ether oxygens (including phenoxy) is 2. The summed E-state index contributed by atoms with van der Waals surface area (Å²) in [5.41, 5.74) is 2.61. The van der Waals surface area contributed by atoms with E-state index >= 15 is 0 Å². The predicted octanol–water partition coefficient (Wildman–Crippen LogP) is 2.84. The van der Waals surface area contributed by atoms with E-state index in [1.807, 2.05) is 28.8 Å². The Kier molecular flexibility index (Phi) is 4.59. The fourth-order valence-electron chi connectivity index (χ4n) is 3.73. The van der Waals surface area contributed by atoms with Gasteiger partial charge in [-0.25, -0.2) is 4.98 Å². The Bertz CT molecular complexity index is 1310. The second-order valence-corrected chi connectivity index (χ2v) is 7.08. The lowest BCUT2D eigenvalue weighted by Gasteiger charge is -2.19. The van der Waals surface area contributed by atoms with Gasteiger partial charge < -0.3 is 19.2 Å². The van der Waals surface area contributed by atoms with Gasteiger partial charge in [-0.2, -0.15) is 0 Å². The standard InChI is InChI=1S/C22H20N4O4/c27-20(24-15-7-8-18-19(14-15)30-13-12-29-18)6-3-11-26-21-16(4-1-9-23-21)25-10-2-5-17(25)22(26)28/h1-2,4-5,7-10,14H,3,6,11-13H2,(H,24,27). The summed E-state index contributed by atoms with van der Waals surface area (Å²) < 4.78 is 14.5. The number of amides is 1. The van der Waals surface area contributed by atoms with Crippen molar-refractivity contribution in [2.75, 3.05) is 18.5 Å². The number of hydrogen-bond acceptors (Lipinski definition) is 5. The third-order valence-electron chi connectivity index (χ3n) is 5.11. The van der Waals surface area contributed by atoms with Crippen LogP contribution in [0, 0.1) is 0 Å². The molecule has 0 spiro atoms. The average molecular weight is 404 g/mol. The molecule has 4 heterocycles. The molecule has 1 aliphatic rings. The van der Waals surface area contributed by atoms with Crippen molar-refractivity contribution in [2.45, 2.75) is 19.4 Å². The quantitative estimate of drug-likeness (QED) is 0.553. The molecular weight excluding hydrogens is 384 g/mol. The molecule has 0 aliphatic carbocycles. The van der Waals surface area contributed by atoms with Crippen LogP contribution in [-0.2, 0) is 11.3 Å². The van der Waals surface area contributed by atoms with E-state index < -0.39 is 0 Å². The minimum absolute atomic E-state index is 0.113. The van der Waals surface area contributed by atoms with Gasteiger partial charge in [0.2, 0.25) is 5.91 Å². The van der Waals surface area contributed by atoms with Crippen molar-refractivity contribution in [1.29, 1.82) is 0 Å². The highest BCUT2D eigenvalue weighted by atomic mass is 16.6. The molecule has 8 nitrogen and oxygen atoms in total. The molecule has 1 aromatic carbocycles. The summed E-state index contributed by atoms with van der Waals surface area (Å²) in [5, 5.41) is 2.87. The van der Waals surface area contributed by atoms with Gasteiger partial charge in [0.15, 0.2) is 17.1 Å². The lowest BCUT2D eigenvalue weighted by atomic mass is 10.2. The Morgan fingerprint density at radius 3 is 2.80 bits per heavy atom. The third kappa shape index (κ3) is 3.26. The van der Waals surface area contributed by atoms with E-state index in [1.54, 1.807) is 35.0 Å². The van der Waals surface area contributed by atoms with Gasteiger partial charge in [-0.1, -0.05) is 0 Å². The van der Waals surface area contributed by atoms with E-state index in [0.29, 0.717) is 54.5 Å². The van der Waals surface area contributed by atoms with E-state index in [4.69, 9.17) is 9.47 Å². The molecule has 0 bridgehead atoms. The van der Waals surface area contributed by atoms with Gasteiger partial charge in [0.05, 0.1) is 5.52 Å². The SMILES string of the molecule is O=C(CCCn1c(=O)c2cccn2c2cccnc21)Nc1ccc2c(c1)OCCO2. The molecular formula is C22H20N4O4. The van der Waals surface area contributed by atoms with Gasteiger partial charge in [-0.15, -0.1) is 0 Å². The maximum absolute atomic E-state index is 12.9. The first kappa shape index (κ1) is 18.2. The summed E-state index contributed by atoms with van der Waals surface area (Å²) in [6, 6.07) is 12.7. The van der Waals surface area contributed by atoms with Gasteiger partial charge in [0.25, 0.3) is 5.56 Å². The Balaban J connectivity index is 1.30. The van der Waals surface area contributed by atoms with E-state index in [1.165, 1.54) is 0 Å². The first-order chi connectivity index (χ1) is 14.7. The van der Waals surface area contributed by atoms with E-state index in [0.717, 1.165) is 5.52 Å². The van der Waals surface area contributed by atoms with E-state index in [2.05, 4.69) is 10.3 Å².